The molecule has 35 heavy (non-hydrogen) atoms. The second-order valence-electron chi connectivity index (χ2n) is 8.21. The third-order valence-electron chi connectivity index (χ3n) is 5.98. The summed E-state index contributed by atoms with van der Waals surface area (Å²) in [6, 6.07) is 10.8. The molecule has 1 spiro atoms. The maximum atomic E-state index is 12.9. The number of aliphatic imine (C=N–C) groups is 1. The molecule has 0 saturated carbocycles. The minimum Gasteiger partial charge on any atom is -0.755 e. The molecule has 186 valence electrons. The van der Waals surface area contributed by atoms with Crippen LogP contribution >= 0.6 is 0 Å². The Kier molecular flexibility index (Phi) is 7.03. The number of anilines is 1. The molecule has 2 heterocycles. The zero-order chi connectivity index (χ0) is 25.2. The maximum Gasteiger partial charge on any atom is 0.253 e. The molecule has 10 nitrogen and oxygen atoms in total. The van der Waals surface area contributed by atoms with Gasteiger partial charge in [0.25, 0.3) is 5.91 Å². The average molecular weight is 522 g/mol. The van der Waals surface area contributed by atoms with E-state index < -0.39 is 26.8 Å². The lowest BCUT2D eigenvalue weighted by Gasteiger charge is -2.34. The molecule has 1 fully saturated rings. The summed E-state index contributed by atoms with van der Waals surface area (Å²) in [4.78, 5) is 21.0. The molecule has 0 aliphatic carbocycles. The molecule has 1 saturated heterocycles. The predicted octanol–water partition coefficient (Wildman–Crippen LogP) is 2.18. The Labute approximate surface area is 204 Å². The van der Waals surface area contributed by atoms with Crippen molar-refractivity contribution in [1.29, 1.82) is 0 Å². The molecule has 0 radical (unpaired) electrons. The van der Waals surface area contributed by atoms with E-state index >= 15 is 0 Å². The largest absolute Gasteiger partial charge is 0.755 e. The van der Waals surface area contributed by atoms with Crippen molar-refractivity contribution in [1.82, 2.24) is 9.62 Å². The van der Waals surface area contributed by atoms with E-state index in [0.717, 1.165) is 5.41 Å². The smallest absolute Gasteiger partial charge is 0.253 e. The van der Waals surface area contributed by atoms with Gasteiger partial charge >= 0.3 is 0 Å². The van der Waals surface area contributed by atoms with Crippen molar-refractivity contribution in [3.8, 4) is 5.75 Å². The van der Waals surface area contributed by atoms with Crippen LogP contribution in [0, 0.1) is 6.92 Å². The number of sulfonamides is 1. The summed E-state index contributed by atoms with van der Waals surface area (Å²) in [5, 5.41) is 3.81. The molecule has 1 amide bonds. The molecular weight excluding hydrogens is 499 g/mol. The highest BCUT2D eigenvalue weighted by molar-refractivity contribution is 7.92. The number of rotatable bonds is 7. The van der Waals surface area contributed by atoms with Crippen molar-refractivity contribution >= 4 is 44.8 Å². The highest BCUT2D eigenvalue weighted by Crippen LogP contribution is 2.33. The van der Waals surface area contributed by atoms with Gasteiger partial charge in [-0.2, -0.15) is 4.31 Å². The van der Waals surface area contributed by atoms with Gasteiger partial charge in [0.2, 0.25) is 10.0 Å². The molecule has 2 aliphatic rings. The first kappa shape index (κ1) is 25.0. The number of nitrogens with zero attached hydrogens (tertiary/aromatic N) is 2. The summed E-state index contributed by atoms with van der Waals surface area (Å²) >= 11 is -2.45. The van der Waals surface area contributed by atoms with Gasteiger partial charge in [0, 0.05) is 45.5 Å². The van der Waals surface area contributed by atoms with Crippen molar-refractivity contribution in [2.75, 3.05) is 17.8 Å². The summed E-state index contributed by atoms with van der Waals surface area (Å²) in [5.74, 6) is -0.0519. The molecule has 13 heteroatoms. The minimum atomic E-state index is -3.77. The molecule has 2 aromatic carbocycles. The van der Waals surface area contributed by atoms with Crippen LogP contribution in [0.25, 0.3) is 6.08 Å². The second kappa shape index (κ2) is 9.85. The van der Waals surface area contributed by atoms with E-state index in [9.17, 15) is 26.5 Å². The Hall–Kier alpha value is -3.13. The first-order valence-electron chi connectivity index (χ1n) is 10.6. The van der Waals surface area contributed by atoms with E-state index in [1.165, 1.54) is 28.6 Å². The number of hydrogen-bond acceptors (Lipinski definition) is 7. The van der Waals surface area contributed by atoms with Crippen LogP contribution in [0.15, 0.2) is 52.9 Å². The average Bonchev–Trinajstić information content (AvgIpc) is 3.14. The van der Waals surface area contributed by atoms with Crippen LogP contribution in [0.3, 0.4) is 0 Å². The number of benzene rings is 2. The molecule has 2 N–H and O–H groups in total. The molecule has 0 bridgehead atoms. The molecular formula is C22H22FN4O6S2-. The monoisotopic (exact) mass is 521 g/mol. The Bertz CT molecular complexity index is 1340. The van der Waals surface area contributed by atoms with E-state index in [2.05, 4.69) is 20.0 Å². The standard InChI is InChI=1S/C22H23FN4O6S2/c1-15-13-18(26-34(29)30)6-5-16(15)7-12-35(31,32)27-10-8-22(9-11-27)21(28)24-20(25-22)17-3-2-4-19(14-17)33-23/h2-7,12-14,26H,8-11H2,1H3,(H,29,30)(H,24,25,28)/p-1/b12-7+. The lowest BCUT2D eigenvalue weighted by atomic mass is 9.89. The van der Waals surface area contributed by atoms with Gasteiger partial charge in [-0.05, 0) is 61.2 Å². The van der Waals surface area contributed by atoms with Crippen LogP contribution < -0.4 is 15.0 Å². The van der Waals surface area contributed by atoms with Crippen molar-refractivity contribution in [3.63, 3.8) is 0 Å². The van der Waals surface area contributed by atoms with Gasteiger partial charge in [-0.15, -0.1) is 0 Å². The highest BCUT2D eigenvalue weighted by Gasteiger charge is 2.47. The number of amides is 1. The number of hydrogen-bond donors (Lipinski definition) is 2. The molecule has 2 aromatic rings. The van der Waals surface area contributed by atoms with Crippen molar-refractivity contribution in [2.45, 2.75) is 25.3 Å². The Morgan fingerprint density at radius 2 is 2.00 bits per heavy atom. The second-order valence-corrected chi connectivity index (χ2v) is 10.7. The van der Waals surface area contributed by atoms with E-state index in [-0.39, 0.29) is 37.6 Å². The van der Waals surface area contributed by atoms with Crippen molar-refractivity contribution in [2.24, 2.45) is 4.99 Å². The highest BCUT2D eigenvalue weighted by atomic mass is 32.2. The normalized spacial score (nSPS) is 18.9. The quantitative estimate of drug-likeness (QED) is 0.535. The van der Waals surface area contributed by atoms with Gasteiger partial charge in [-0.1, -0.05) is 18.2 Å². The fourth-order valence-corrected chi connectivity index (χ4v) is 5.56. The molecule has 4 rings (SSSR count). The van der Waals surface area contributed by atoms with Gasteiger partial charge in [0.05, 0.1) is 0 Å². The van der Waals surface area contributed by atoms with Gasteiger partial charge < -0.3 is 14.6 Å². The van der Waals surface area contributed by atoms with Gasteiger partial charge in [-0.3, -0.25) is 18.9 Å². The SMILES string of the molecule is Cc1cc(NS(=O)[O-])ccc1/C=C/S(=O)(=O)N1CCC2(CC1)N=C(c1cccc(OF)c1)NC2=O. The summed E-state index contributed by atoms with van der Waals surface area (Å²) < 4.78 is 63.3. The van der Waals surface area contributed by atoms with Gasteiger partial charge in [0.1, 0.15) is 11.4 Å². The fourth-order valence-electron chi connectivity index (χ4n) is 4.06. The number of carbonyl (C=O) groups is 1. The third-order valence-corrected chi connectivity index (χ3v) is 7.94. The molecule has 0 aromatic heterocycles. The molecule has 1 unspecified atom stereocenters. The van der Waals surface area contributed by atoms with Crippen LogP contribution in [0.4, 0.5) is 10.2 Å². The fraction of sp³-hybridized carbons (Fsp3) is 0.273. The number of piperidine rings is 1. The van der Waals surface area contributed by atoms with Crippen LogP contribution in [0.1, 0.15) is 29.5 Å². The van der Waals surface area contributed by atoms with E-state index in [1.807, 2.05) is 0 Å². The van der Waals surface area contributed by atoms with E-state index in [0.29, 0.717) is 28.2 Å². The molecule has 2 aliphatic heterocycles. The third kappa shape index (κ3) is 5.42. The van der Waals surface area contributed by atoms with Gasteiger partial charge in [-0.25, -0.2) is 8.42 Å². The lowest BCUT2D eigenvalue weighted by molar-refractivity contribution is -0.124. The predicted molar refractivity (Wildman–Crippen MR) is 128 cm³/mol. The van der Waals surface area contributed by atoms with Crippen LogP contribution in [-0.4, -0.2) is 51.9 Å². The first-order valence-corrected chi connectivity index (χ1v) is 13.1. The lowest BCUT2D eigenvalue weighted by Crippen LogP contribution is -2.50. The summed E-state index contributed by atoms with van der Waals surface area (Å²) in [5.41, 5.74) is 1.08. The van der Waals surface area contributed by atoms with E-state index in [1.54, 1.807) is 31.2 Å². The number of carbonyl (C=O) groups excluding carboxylic acids is 1. The Morgan fingerprint density at radius 3 is 2.66 bits per heavy atom. The minimum absolute atomic E-state index is 0.0189. The Morgan fingerprint density at radius 1 is 1.26 bits per heavy atom. The van der Waals surface area contributed by atoms with Gasteiger partial charge in [0.15, 0.2) is 5.75 Å². The maximum absolute atomic E-state index is 12.9. The number of halogens is 1. The van der Waals surface area contributed by atoms with Crippen LogP contribution in [-0.2, 0) is 26.1 Å². The zero-order valence-corrected chi connectivity index (χ0v) is 20.2. The van der Waals surface area contributed by atoms with Crippen LogP contribution in [0.2, 0.25) is 0 Å². The number of nitrogens with one attached hydrogen (secondary N) is 2. The van der Waals surface area contributed by atoms with E-state index in [4.69, 9.17) is 0 Å². The van der Waals surface area contributed by atoms with Crippen LogP contribution in [0.5, 0.6) is 5.75 Å². The topological polar surface area (TPSA) is 140 Å². The Balaban J connectivity index is 1.45. The summed E-state index contributed by atoms with van der Waals surface area (Å²) in [6.45, 7) is 1.93. The summed E-state index contributed by atoms with van der Waals surface area (Å²) in [7, 11) is -3.77. The molecule has 1 atom stereocenters. The number of aryl methyl sites for hydroxylation is 1. The zero-order valence-electron chi connectivity index (χ0n) is 18.6. The van der Waals surface area contributed by atoms with Crippen molar-refractivity contribution in [3.05, 3.63) is 64.6 Å². The van der Waals surface area contributed by atoms with Crippen molar-refractivity contribution < 1.29 is 31.4 Å². The summed E-state index contributed by atoms with van der Waals surface area (Å²) in [6.07, 6.45) is 1.84. The first-order chi connectivity index (χ1) is 16.6. The number of amidine groups is 1.